The zero-order valence-corrected chi connectivity index (χ0v) is 17.5. The van der Waals surface area contributed by atoms with E-state index in [-0.39, 0.29) is 12.5 Å². The van der Waals surface area contributed by atoms with Gasteiger partial charge in [-0.25, -0.2) is 4.79 Å². The second-order valence-corrected chi connectivity index (χ2v) is 7.97. The Morgan fingerprint density at radius 2 is 1.75 bits per heavy atom. The molecule has 0 saturated carbocycles. The van der Waals surface area contributed by atoms with Gasteiger partial charge in [0.2, 0.25) is 0 Å². The Morgan fingerprint density at radius 1 is 1.07 bits per heavy atom. The summed E-state index contributed by atoms with van der Waals surface area (Å²) in [5.74, 6) is -0.883. The van der Waals surface area contributed by atoms with Gasteiger partial charge in [0.1, 0.15) is 10.6 Å². The Bertz CT molecular complexity index is 1030. The highest BCUT2D eigenvalue weighted by Crippen LogP contribution is 2.41. The number of carbonyl (C=O) groups is 2. The van der Waals surface area contributed by atoms with Gasteiger partial charge in [-0.05, 0) is 43.7 Å². The summed E-state index contributed by atoms with van der Waals surface area (Å²) in [7, 11) is 0. The maximum Gasteiger partial charge on any atom is 0.341 e. The van der Waals surface area contributed by atoms with Crippen molar-refractivity contribution < 1.29 is 14.3 Å². The lowest BCUT2D eigenvalue weighted by molar-refractivity contribution is 0.0529. The summed E-state index contributed by atoms with van der Waals surface area (Å²) < 4.78 is 5.24. The minimum Gasteiger partial charge on any atom is -0.462 e. The average molecular weight is 434 g/mol. The third-order valence-electron chi connectivity index (χ3n) is 4.04. The Labute approximate surface area is 177 Å². The molecule has 0 unspecified atom stereocenters. The predicted molar refractivity (Wildman–Crippen MR) is 115 cm³/mol. The monoisotopic (exact) mass is 433 g/mol. The summed E-state index contributed by atoms with van der Waals surface area (Å²) in [5, 5.41) is 4.18. The molecular weight excluding hydrogens is 417 g/mol. The van der Waals surface area contributed by atoms with Gasteiger partial charge in [-0.15, -0.1) is 11.3 Å². The van der Waals surface area contributed by atoms with Gasteiger partial charge < -0.3 is 10.1 Å². The number of aryl methyl sites for hydroxylation is 1. The smallest absolute Gasteiger partial charge is 0.341 e. The van der Waals surface area contributed by atoms with Gasteiger partial charge in [0.05, 0.1) is 17.2 Å². The quantitative estimate of drug-likeness (QED) is 0.469. The van der Waals surface area contributed by atoms with Gasteiger partial charge in [-0.3, -0.25) is 4.79 Å². The molecule has 0 bridgehead atoms. The second kappa shape index (κ2) is 8.78. The fraction of sp³-hybridized carbons (Fsp3) is 0.143. The van der Waals surface area contributed by atoms with Crippen molar-refractivity contribution in [2.75, 3.05) is 11.9 Å². The first-order chi connectivity index (χ1) is 13.4. The number of benzene rings is 2. The summed E-state index contributed by atoms with van der Waals surface area (Å²) in [5.41, 5.74) is 2.19. The minimum atomic E-state index is -0.494. The number of rotatable bonds is 5. The van der Waals surface area contributed by atoms with Crippen LogP contribution in [0.2, 0.25) is 10.0 Å². The molecule has 2 aromatic carbocycles. The van der Waals surface area contributed by atoms with Gasteiger partial charge in [-0.1, -0.05) is 47.5 Å². The number of carbonyl (C=O) groups excluding carboxylic acids is 2. The number of hydrogen-bond donors (Lipinski definition) is 1. The van der Waals surface area contributed by atoms with E-state index >= 15 is 0 Å². The van der Waals surface area contributed by atoms with Crippen LogP contribution in [-0.4, -0.2) is 18.5 Å². The number of hydrogen-bond acceptors (Lipinski definition) is 4. The Balaban J connectivity index is 2.07. The lowest BCUT2D eigenvalue weighted by Gasteiger charge is -2.10. The van der Waals surface area contributed by atoms with Gasteiger partial charge in [0.25, 0.3) is 5.91 Å². The Hall–Kier alpha value is -2.34. The Morgan fingerprint density at radius 3 is 2.39 bits per heavy atom. The maximum absolute atomic E-state index is 12.7. The van der Waals surface area contributed by atoms with Crippen LogP contribution in [0.1, 0.15) is 32.5 Å². The molecule has 0 atom stereocenters. The van der Waals surface area contributed by atoms with Crippen molar-refractivity contribution in [1.82, 2.24) is 0 Å². The molecule has 0 spiro atoms. The van der Waals surface area contributed by atoms with Crippen LogP contribution in [0, 0.1) is 6.92 Å². The van der Waals surface area contributed by atoms with Crippen molar-refractivity contribution in [2.45, 2.75) is 13.8 Å². The fourth-order valence-corrected chi connectivity index (χ4v) is 4.22. The van der Waals surface area contributed by atoms with E-state index < -0.39 is 5.97 Å². The summed E-state index contributed by atoms with van der Waals surface area (Å²) in [4.78, 5) is 26.3. The maximum atomic E-state index is 12.7. The molecule has 0 aliphatic carbocycles. The summed E-state index contributed by atoms with van der Waals surface area (Å²) >= 11 is 13.4. The lowest BCUT2D eigenvalue weighted by atomic mass is 10.0. The standard InChI is InChI=1S/C21H17Cl2NO3S/c1-3-27-21(26)18-17(13-8-10-14(22)11-9-13)12(2)28-20(18)24-19(25)15-6-4-5-7-16(15)23/h4-11H,3H2,1-2H3,(H,24,25). The van der Waals surface area contributed by atoms with E-state index in [0.29, 0.717) is 26.2 Å². The molecule has 4 nitrogen and oxygen atoms in total. The molecule has 0 aliphatic heterocycles. The highest BCUT2D eigenvalue weighted by Gasteiger charge is 2.26. The molecular formula is C21H17Cl2NO3S. The number of thiophene rings is 1. The highest BCUT2D eigenvalue weighted by atomic mass is 35.5. The number of ether oxygens (including phenoxy) is 1. The van der Waals surface area contributed by atoms with Crippen molar-refractivity contribution in [1.29, 1.82) is 0 Å². The predicted octanol–water partition coefficient (Wildman–Crippen LogP) is 6.46. The number of halogens is 2. The molecule has 1 amide bonds. The topological polar surface area (TPSA) is 55.4 Å². The lowest BCUT2D eigenvalue weighted by Crippen LogP contribution is -2.15. The molecule has 144 valence electrons. The van der Waals surface area contributed by atoms with Crippen LogP contribution in [0.4, 0.5) is 5.00 Å². The van der Waals surface area contributed by atoms with Crippen molar-refractivity contribution >= 4 is 51.4 Å². The summed E-state index contributed by atoms with van der Waals surface area (Å²) in [6.45, 7) is 3.86. The highest BCUT2D eigenvalue weighted by molar-refractivity contribution is 7.17. The molecule has 3 aromatic rings. The first-order valence-corrected chi connectivity index (χ1v) is 10.1. The first kappa shape index (κ1) is 20.4. The Kier molecular flexibility index (Phi) is 6.39. The van der Waals surface area contributed by atoms with Gasteiger partial charge in [0, 0.05) is 15.5 Å². The SMILES string of the molecule is CCOC(=O)c1c(NC(=O)c2ccccc2Cl)sc(C)c1-c1ccc(Cl)cc1. The number of amides is 1. The van der Waals surface area contributed by atoms with Crippen LogP contribution in [0.15, 0.2) is 48.5 Å². The molecule has 0 radical (unpaired) electrons. The van der Waals surface area contributed by atoms with E-state index in [0.717, 1.165) is 16.0 Å². The van der Waals surface area contributed by atoms with E-state index in [4.69, 9.17) is 27.9 Å². The zero-order chi connectivity index (χ0) is 20.3. The molecule has 3 rings (SSSR count). The van der Waals surface area contributed by atoms with E-state index in [9.17, 15) is 9.59 Å². The largest absolute Gasteiger partial charge is 0.462 e. The van der Waals surface area contributed by atoms with Crippen LogP contribution < -0.4 is 5.32 Å². The van der Waals surface area contributed by atoms with E-state index in [1.165, 1.54) is 11.3 Å². The fourth-order valence-electron chi connectivity index (χ4n) is 2.81. The van der Waals surface area contributed by atoms with Crippen LogP contribution in [0.25, 0.3) is 11.1 Å². The van der Waals surface area contributed by atoms with Crippen LogP contribution in [-0.2, 0) is 4.74 Å². The van der Waals surface area contributed by atoms with Gasteiger partial charge >= 0.3 is 5.97 Å². The number of nitrogens with one attached hydrogen (secondary N) is 1. The van der Waals surface area contributed by atoms with E-state index in [2.05, 4.69) is 5.32 Å². The van der Waals surface area contributed by atoms with Crippen molar-refractivity contribution in [3.63, 3.8) is 0 Å². The van der Waals surface area contributed by atoms with E-state index in [1.54, 1.807) is 43.3 Å². The van der Waals surface area contributed by atoms with Crippen molar-refractivity contribution in [3.8, 4) is 11.1 Å². The third kappa shape index (κ3) is 4.22. The van der Waals surface area contributed by atoms with Crippen molar-refractivity contribution in [2.24, 2.45) is 0 Å². The van der Waals surface area contributed by atoms with Gasteiger partial charge in [-0.2, -0.15) is 0 Å². The zero-order valence-electron chi connectivity index (χ0n) is 15.2. The minimum absolute atomic E-state index is 0.228. The van der Waals surface area contributed by atoms with Gasteiger partial charge in [0.15, 0.2) is 0 Å². The van der Waals surface area contributed by atoms with E-state index in [1.807, 2.05) is 19.1 Å². The first-order valence-electron chi connectivity index (χ1n) is 8.54. The molecule has 0 aliphatic rings. The number of esters is 1. The normalized spacial score (nSPS) is 10.6. The molecule has 1 N–H and O–H groups in total. The van der Waals surface area contributed by atoms with Crippen LogP contribution >= 0.6 is 34.5 Å². The number of anilines is 1. The average Bonchev–Trinajstić information content (AvgIpc) is 2.98. The molecule has 28 heavy (non-hydrogen) atoms. The molecule has 0 saturated heterocycles. The summed E-state index contributed by atoms with van der Waals surface area (Å²) in [6, 6.07) is 13.9. The molecule has 1 heterocycles. The van der Waals surface area contributed by atoms with Crippen molar-refractivity contribution in [3.05, 3.63) is 74.6 Å². The van der Waals surface area contributed by atoms with Crippen LogP contribution in [0.5, 0.6) is 0 Å². The molecule has 7 heteroatoms. The second-order valence-electron chi connectivity index (χ2n) is 5.90. The molecule has 1 aromatic heterocycles. The summed E-state index contributed by atoms with van der Waals surface area (Å²) in [6.07, 6.45) is 0. The van der Waals surface area contributed by atoms with Crippen LogP contribution in [0.3, 0.4) is 0 Å². The molecule has 0 fully saturated rings. The third-order valence-corrected chi connectivity index (χ3v) is 5.64.